The molecule has 0 saturated heterocycles. The Morgan fingerprint density at radius 2 is 1.73 bits per heavy atom. The van der Waals surface area contributed by atoms with Crippen LogP contribution in [0.15, 0.2) is 11.6 Å². The Hall–Kier alpha value is -1.36. The van der Waals surface area contributed by atoms with E-state index in [4.69, 9.17) is 9.47 Å². The molecule has 22 heavy (non-hydrogen) atoms. The van der Waals surface area contributed by atoms with Crippen LogP contribution in [-0.4, -0.2) is 49.7 Å². The lowest BCUT2D eigenvalue weighted by atomic mass is 10.2. The number of allylic oxidation sites excluding steroid dienone is 1. The number of carbonyl (C=O) groups is 2. The number of unbranched alkanes of at least 4 members (excludes halogenated alkanes) is 1. The van der Waals surface area contributed by atoms with Crippen LogP contribution in [0.25, 0.3) is 0 Å². The molecule has 0 bridgehead atoms. The lowest BCUT2D eigenvalue weighted by molar-refractivity contribution is -0.143. The second-order valence-corrected chi connectivity index (χ2v) is 5.42. The molecule has 0 aromatic carbocycles. The Morgan fingerprint density at radius 1 is 1.05 bits per heavy atom. The largest absolute Gasteiger partial charge is 0.466 e. The molecule has 0 atom stereocenters. The summed E-state index contributed by atoms with van der Waals surface area (Å²) in [5, 5.41) is 0. The number of amides is 1. The Labute approximate surface area is 134 Å². The number of rotatable bonds is 12. The van der Waals surface area contributed by atoms with Gasteiger partial charge in [0, 0.05) is 32.4 Å². The first kappa shape index (κ1) is 20.6. The summed E-state index contributed by atoms with van der Waals surface area (Å²) in [6.45, 7) is 10.4. The van der Waals surface area contributed by atoms with Gasteiger partial charge in [-0.15, -0.1) is 0 Å². The second kappa shape index (κ2) is 13.3. The number of hydrogen-bond acceptors (Lipinski definition) is 4. The summed E-state index contributed by atoms with van der Waals surface area (Å²) in [5.41, 5.74) is 0.949. The van der Waals surface area contributed by atoms with E-state index in [0.717, 1.165) is 31.4 Å². The van der Waals surface area contributed by atoms with Gasteiger partial charge in [0.2, 0.25) is 5.91 Å². The van der Waals surface area contributed by atoms with Crippen molar-refractivity contribution in [2.24, 2.45) is 0 Å². The molecule has 0 N–H and O–H groups in total. The number of carbonyl (C=O) groups excluding carboxylic acids is 2. The van der Waals surface area contributed by atoms with Crippen LogP contribution in [0.5, 0.6) is 0 Å². The van der Waals surface area contributed by atoms with Crippen molar-refractivity contribution in [1.82, 2.24) is 4.90 Å². The molecule has 5 heteroatoms. The molecule has 0 aliphatic carbocycles. The molecule has 0 rings (SSSR count). The molecule has 128 valence electrons. The van der Waals surface area contributed by atoms with Crippen LogP contribution in [0.2, 0.25) is 0 Å². The molecule has 0 unspecified atom stereocenters. The molecule has 0 spiro atoms. The standard InChI is InChI=1S/C17H31NO4/c1-5-7-12-21-13-8-10-18(16(19)14-15(3)4)11-9-17(20)22-6-2/h14H,5-13H2,1-4H3. The number of ether oxygens (including phenoxy) is 2. The maximum absolute atomic E-state index is 12.1. The minimum absolute atomic E-state index is 0.0575. The van der Waals surface area contributed by atoms with E-state index in [9.17, 15) is 9.59 Å². The Morgan fingerprint density at radius 3 is 2.32 bits per heavy atom. The van der Waals surface area contributed by atoms with Gasteiger partial charge in [-0.2, -0.15) is 0 Å². The van der Waals surface area contributed by atoms with Crippen LogP contribution in [0.1, 0.15) is 53.4 Å². The van der Waals surface area contributed by atoms with E-state index < -0.39 is 0 Å². The van der Waals surface area contributed by atoms with E-state index >= 15 is 0 Å². The highest BCUT2D eigenvalue weighted by Crippen LogP contribution is 2.02. The molecular formula is C17H31NO4. The van der Waals surface area contributed by atoms with Gasteiger partial charge >= 0.3 is 5.97 Å². The zero-order valence-corrected chi connectivity index (χ0v) is 14.5. The lowest BCUT2D eigenvalue weighted by Gasteiger charge is -2.21. The summed E-state index contributed by atoms with van der Waals surface area (Å²) in [6.07, 6.45) is 4.78. The molecule has 0 saturated carbocycles. The van der Waals surface area contributed by atoms with Gasteiger partial charge in [0.1, 0.15) is 0 Å². The summed E-state index contributed by atoms with van der Waals surface area (Å²) < 4.78 is 10.4. The molecule has 5 nitrogen and oxygen atoms in total. The van der Waals surface area contributed by atoms with E-state index in [1.165, 1.54) is 0 Å². The average Bonchev–Trinajstić information content (AvgIpc) is 2.45. The smallest absolute Gasteiger partial charge is 0.307 e. The van der Waals surface area contributed by atoms with Crippen molar-refractivity contribution in [3.05, 3.63) is 11.6 Å². The minimum atomic E-state index is -0.267. The van der Waals surface area contributed by atoms with Gasteiger partial charge in [-0.25, -0.2) is 0 Å². The van der Waals surface area contributed by atoms with Crippen LogP contribution in [0, 0.1) is 0 Å². The van der Waals surface area contributed by atoms with Crippen LogP contribution < -0.4 is 0 Å². The predicted molar refractivity (Wildman–Crippen MR) is 87.6 cm³/mol. The van der Waals surface area contributed by atoms with Crippen LogP contribution in [-0.2, 0) is 19.1 Å². The summed E-state index contributed by atoms with van der Waals surface area (Å²) in [7, 11) is 0. The maximum atomic E-state index is 12.1. The maximum Gasteiger partial charge on any atom is 0.307 e. The Bertz CT molecular complexity index is 349. The van der Waals surface area contributed by atoms with Crippen LogP contribution in [0.3, 0.4) is 0 Å². The van der Waals surface area contributed by atoms with Crippen molar-refractivity contribution in [1.29, 1.82) is 0 Å². The van der Waals surface area contributed by atoms with Crippen LogP contribution in [0.4, 0.5) is 0 Å². The molecule has 0 radical (unpaired) electrons. The van der Waals surface area contributed by atoms with Crippen molar-refractivity contribution in [3.8, 4) is 0 Å². The van der Waals surface area contributed by atoms with Gasteiger partial charge in [-0.05, 0) is 33.6 Å². The van der Waals surface area contributed by atoms with Gasteiger partial charge in [0.25, 0.3) is 0 Å². The summed E-state index contributed by atoms with van der Waals surface area (Å²) >= 11 is 0. The van der Waals surface area contributed by atoms with Crippen molar-refractivity contribution < 1.29 is 19.1 Å². The fourth-order valence-corrected chi connectivity index (χ4v) is 1.84. The van der Waals surface area contributed by atoms with Crippen molar-refractivity contribution >= 4 is 11.9 Å². The number of hydrogen-bond donors (Lipinski definition) is 0. The highest BCUT2D eigenvalue weighted by Gasteiger charge is 2.13. The normalized spacial score (nSPS) is 10.2. The molecule has 1 amide bonds. The van der Waals surface area contributed by atoms with Crippen molar-refractivity contribution in [3.63, 3.8) is 0 Å². The first-order valence-corrected chi connectivity index (χ1v) is 8.18. The van der Waals surface area contributed by atoms with Crippen molar-refractivity contribution in [2.75, 3.05) is 32.9 Å². The quantitative estimate of drug-likeness (QED) is 0.316. The molecule has 0 heterocycles. The molecule has 0 aromatic rings. The van der Waals surface area contributed by atoms with E-state index in [1.807, 2.05) is 13.8 Å². The zero-order chi connectivity index (χ0) is 16.8. The number of esters is 1. The SMILES string of the molecule is CCCCOCCCN(CCC(=O)OCC)C(=O)C=C(C)C. The molecule has 0 fully saturated rings. The molecule has 0 aromatic heterocycles. The third kappa shape index (κ3) is 11.3. The fraction of sp³-hybridized carbons (Fsp3) is 0.765. The topological polar surface area (TPSA) is 55.8 Å². The van der Waals surface area contributed by atoms with Crippen LogP contribution >= 0.6 is 0 Å². The lowest BCUT2D eigenvalue weighted by Crippen LogP contribution is -2.33. The van der Waals surface area contributed by atoms with E-state index in [2.05, 4.69) is 6.92 Å². The second-order valence-electron chi connectivity index (χ2n) is 5.42. The monoisotopic (exact) mass is 313 g/mol. The highest BCUT2D eigenvalue weighted by atomic mass is 16.5. The van der Waals surface area contributed by atoms with E-state index in [0.29, 0.717) is 26.3 Å². The van der Waals surface area contributed by atoms with Gasteiger partial charge < -0.3 is 14.4 Å². The molecule has 0 aliphatic heterocycles. The third-order valence-corrected chi connectivity index (χ3v) is 2.97. The van der Waals surface area contributed by atoms with Gasteiger partial charge in [-0.3, -0.25) is 9.59 Å². The fourth-order valence-electron chi connectivity index (χ4n) is 1.84. The Kier molecular flexibility index (Phi) is 12.5. The average molecular weight is 313 g/mol. The van der Waals surface area contributed by atoms with Gasteiger partial charge in [-0.1, -0.05) is 18.9 Å². The summed E-state index contributed by atoms with van der Waals surface area (Å²) in [4.78, 5) is 25.3. The minimum Gasteiger partial charge on any atom is -0.466 e. The van der Waals surface area contributed by atoms with Gasteiger partial charge in [0.15, 0.2) is 0 Å². The zero-order valence-electron chi connectivity index (χ0n) is 14.5. The summed E-state index contributed by atoms with van der Waals surface area (Å²) in [6, 6.07) is 0. The van der Waals surface area contributed by atoms with E-state index in [-0.39, 0.29) is 18.3 Å². The third-order valence-electron chi connectivity index (χ3n) is 2.97. The molecular weight excluding hydrogens is 282 g/mol. The number of nitrogens with zero attached hydrogens (tertiary/aromatic N) is 1. The molecule has 0 aliphatic rings. The van der Waals surface area contributed by atoms with Gasteiger partial charge in [0.05, 0.1) is 13.0 Å². The highest BCUT2D eigenvalue weighted by molar-refractivity contribution is 5.88. The summed E-state index contributed by atoms with van der Waals surface area (Å²) in [5.74, 6) is -0.324. The first-order chi connectivity index (χ1) is 10.5. The first-order valence-electron chi connectivity index (χ1n) is 8.18. The van der Waals surface area contributed by atoms with E-state index in [1.54, 1.807) is 17.9 Å². The van der Waals surface area contributed by atoms with Crippen molar-refractivity contribution in [2.45, 2.75) is 53.4 Å². The Balaban J connectivity index is 4.25. The predicted octanol–water partition coefficient (Wildman–Crippen LogP) is 2.94.